The van der Waals surface area contributed by atoms with Crippen LogP contribution in [0.25, 0.3) is 0 Å². The van der Waals surface area contributed by atoms with E-state index in [9.17, 15) is 9.59 Å². The van der Waals surface area contributed by atoms with Gasteiger partial charge in [0.2, 0.25) is 0 Å². The second kappa shape index (κ2) is 10.9. The van der Waals surface area contributed by atoms with Gasteiger partial charge < -0.3 is 19.5 Å². The summed E-state index contributed by atoms with van der Waals surface area (Å²) in [6.45, 7) is 0.549. The molecule has 2 aromatic carbocycles. The molecule has 26 heavy (non-hydrogen) atoms. The van der Waals surface area contributed by atoms with E-state index in [2.05, 4.69) is 5.32 Å². The third-order valence-corrected chi connectivity index (χ3v) is 3.60. The van der Waals surface area contributed by atoms with Crippen LogP contribution in [0.1, 0.15) is 11.1 Å². The molecule has 0 heterocycles. The summed E-state index contributed by atoms with van der Waals surface area (Å²) in [4.78, 5) is 24.4. The zero-order chi connectivity index (χ0) is 18.6. The predicted octanol–water partition coefficient (Wildman–Crippen LogP) is 2.71. The number of amides is 1. The topological polar surface area (TPSA) is 73.9 Å². The molecule has 2 aromatic rings. The molecule has 0 aliphatic heterocycles. The van der Waals surface area contributed by atoms with Crippen molar-refractivity contribution in [3.05, 3.63) is 71.8 Å². The van der Waals surface area contributed by atoms with Crippen molar-refractivity contribution >= 4 is 12.1 Å². The van der Waals surface area contributed by atoms with Gasteiger partial charge in [-0.25, -0.2) is 9.59 Å². The number of ether oxygens (including phenoxy) is 3. The van der Waals surface area contributed by atoms with Crippen LogP contribution < -0.4 is 5.32 Å². The first-order chi connectivity index (χ1) is 12.7. The van der Waals surface area contributed by atoms with E-state index < -0.39 is 18.1 Å². The van der Waals surface area contributed by atoms with Crippen molar-refractivity contribution in [1.82, 2.24) is 5.32 Å². The Labute approximate surface area is 153 Å². The highest BCUT2D eigenvalue weighted by atomic mass is 16.6. The summed E-state index contributed by atoms with van der Waals surface area (Å²) in [7, 11) is 1.52. The molecule has 1 amide bonds. The Hall–Kier alpha value is -2.86. The van der Waals surface area contributed by atoms with E-state index in [1.165, 1.54) is 7.11 Å². The van der Waals surface area contributed by atoms with Gasteiger partial charge in [0.1, 0.15) is 19.3 Å². The van der Waals surface area contributed by atoms with Gasteiger partial charge in [-0.05, 0) is 11.1 Å². The molecule has 0 fully saturated rings. The quantitative estimate of drug-likeness (QED) is 0.552. The fraction of sp³-hybridized carbons (Fsp3) is 0.300. The van der Waals surface area contributed by atoms with Crippen LogP contribution in [0.15, 0.2) is 60.7 Å². The summed E-state index contributed by atoms with van der Waals surface area (Å²) in [5, 5.41) is 2.59. The van der Waals surface area contributed by atoms with Crippen LogP contribution in [0.5, 0.6) is 0 Å². The maximum Gasteiger partial charge on any atom is 0.408 e. The summed E-state index contributed by atoms with van der Waals surface area (Å²) in [5.41, 5.74) is 1.77. The Morgan fingerprint density at radius 1 is 0.885 bits per heavy atom. The molecule has 6 nitrogen and oxygen atoms in total. The van der Waals surface area contributed by atoms with Gasteiger partial charge in [-0.1, -0.05) is 60.7 Å². The van der Waals surface area contributed by atoms with Gasteiger partial charge in [0, 0.05) is 13.5 Å². The summed E-state index contributed by atoms with van der Waals surface area (Å²) in [6.07, 6.45) is -0.355. The monoisotopic (exact) mass is 357 g/mol. The van der Waals surface area contributed by atoms with Crippen molar-refractivity contribution in [1.29, 1.82) is 0 Å². The Kier molecular flexibility index (Phi) is 8.15. The molecule has 1 atom stereocenters. The molecule has 6 heteroatoms. The highest BCUT2D eigenvalue weighted by molar-refractivity contribution is 5.81. The first kappa shape index (κ1) is 19.5. The minimum absolute atomic E-state index is 0.126. The standard InChI is InChI=1S/C20H23NO5/c1-24-12-13-25-19(22)18(14-16-8-4-2-5-9-16)21-20(23)26-15-17-10-6-3-7-11-17/h2-11,18H,12-15H2,1H3,(H,21,23)/t18-/m0/s1. The lowest BCUT2D eigenvalue weighted by molar-refractivity contribution is -0.147. The van der Waals surface area contributed by atoms with Crippen LogP contribution in [-0.2, 0) is 32.0 Å². The molecule has 0 aliphatic carbocycles. The molecule has 0 unspecified atom stereocenters. The van der Waals surface area contributed by atoms with E-state index in [0.717, 1.165) is 11.1 Å². The molecule has 2 rings (SSSR count). The van der Waals surface area contributed by atoms with Gasteiger partial charge in [-0.15, -0.1) is 0 Å². The first-order valence-corrected chi connectivity index (χ1v) is 8.35. The van der Waals surface area contributed by atoms with E-state index >= 15 is 0 Å². The van der Waals surface area contributed by atoms with E-state index in [4.69, 9.17) is 14.2 Å². The summed E-state index contributed by atoms with van der Waals surface area (Å²) < 4.78 is 15.2. The number of esters is 1. The molecule has 0 bridgehead atoms. The van der Waals surface area contributed by atoms with Gasteiger partial charge in [0.25, 0.3) is 0 Å². The van der Waals surface area contributed by atoms with Gasteiger partial charge in [0.05, 0.1) is 6.61 Å². The minimum Gasteiger partial charge on any atom is -0.462 e. The van der Waals surface area contributed by atoms with Crippen molar-refractivity contribution in [2.24, 2.45) is 0 Å². The van der Waals surface area contributed by atoms with Crippen molar-refractivity contribution in [3.8, 4) is 0 Å². The second-order valence-electron chi connectivity index (χ2n) is 5.61. The van der Waals surface area contributed by atoms with E-state index in [1.54, 1.807) is 0 Å². The molecular formula is C20H23NO5. The average Bonchev–Trinajstić information content (AvgIpc) is 2.67. The molecule has 0 radical (unpaired) electrons. The molecule has 0 saturated heterocycles. The third kappa shape index (κ3) is 6.94. The number of hydrogen-bond donors (Lipinski definition) is 1. The average molecular weight is 357 g/mol. The number of hydrogen-bond acceptors (Lipinski definition) is 5. The maximum absolute atomic E-state index is 12.3. The lowest BCUT2D eigenvalue weighted by atomic mass is 10.1. The van der Waals surface area contributed by atoms with E-state index in [0.29, 0.717) is 13.0 Å². The van der Waals surface area contributed by atoms with Gasteiger partial charge in [0.15, 0.2) is 0 Å². The van der Waals surface area contributed by atoms with Gasteiger partial charge in [-0.3, -0.25) is 0 Å². The van der Waals surface area contributed by atoms with Crippen LogP contribution >= 0.6 is 0 Å². The largest absolute Gasteiger partial charge is 0.462 e. The summed E-state index contributed by atoms with van der Waals surface area (Å²) >= 11 is 0. The fourth-order valence-corrected chi connectivity index (χ4v) is 2.28. The Balaban J connectivity index is 1.93. The number of methoxy groups -OCH3 is 1. The number of carbonyl (C=O) groups is 2. The lowest BCUT2D eigenvalue weighted by Gasteiger charge is -2.17. The summed E-state index contributed by atoms with van der Waals surface area (Å²) in [5.74, 6) is -0.525. The Bertz CT molecular complexity index is 675. The van der Waals surface area contributed by atoms with E-state index in [1.807, 2.05) is 60.7 Å². The normalized spacial score (nSPS) is 11.4. The predicted molar refractivity (Wildman–Crippen MR) is 96.5 cm³/mol. The van der Waals surface area contributed by atoms with Crippen molar-refractivity contribution in [2.75, 3.05) is 20.3 Å². The molecule has 0 aliphatic rings. The molecule has 0 aromatic heterocycles. The van der Waals surface area contributed by atoms with Crippen LogP contribution in [0, 0.1) is 0 Å². The minimum atomic E-state index is -0.836. The lowest BCUT2D eigenvalue weighted by Crippen LogP contribution is -2.43. The molecule has 0 spiro atoms. The Morgan fingerprint density at radius 3 is 2.12 bits per heavy atom. The number of nitrogens with one attached hydrogen (secondary N) is 1. The second-order valence-corrected chi connectivity index (χ2v) is 5.61. The van der Waals surface area contributed by atoms with E-state index in [-0.39, 0.29) is 13.2 Å². The number of carbonyl (C=O) groups excluding carboxylic acids is 2. The molecule has 138 valence electrons. The Morgan fingerprint density at radius 2 is 1.50 bits per heavy atom. The number of rotatable bonds is 9. The van der Waals surface area contributed by atoms with Crippen LogP contribution in [-0.4, -0.2) is 38.4 Å². The smallest absolute Gasteiger partial charge is 0.408 e. The van der Waals surface area contributed by atoms with Gasteiger partial charge in [-0.2, -0.15) is 0 Å². The highest BCUT2D eigenvalue weighted by Crippen LogP contribution is 2.06. The van der Waals surface area contributed by atoms with Crippen molar-refractivity contribution < 1.29 is 23.8 Å². The zero-order valence-electron chi connectivity index (χ0n) is 14.7. The van der Waals surface area contributed by atoms with Crippen molar-refractivity contribution in [3.63, 3.8) is 0 Å². The molecule has 1 N–H and O–H groups in total. The molecular weight excluding hydrogens is 334 g/mol. The third-order valence-electron chi connectivity index (χ3n) is 3.60. The van der Waals surface area contributed by atoms with Crippen LogP contribution in [0.4, 0.5) is 4.79 Å². The fourth-order valence-electron chi connectivity index (χ4n) is 2.28. The number of alkyl carbamates (subject to hydrolysis) is 1. The van der Waals surface area contributed by atoms with Crippen molar-refractivity contribution in [2.45, 2.75) is 19.1 Å². The SMILES string of the molecule is COCCOC(=O)[C@H](Cc1ccccc1)NC(=O)OCc1ccccc1. The first-order valence-electron chi connectivity index (χ1n) is 8.35. The highest BCUT2D eigenvalue weighted by Gasteiger charge is 2.23. The maximum atomic E-state index is 12.3. The van der Waals surface area contributed by atoms with Crippen LogP contribution in [0.3, 0.4) is 0 Å². The van der Waals surface area contributed by atoms with Crippen LogP contribution in [0.2, 0.25) is 0 Å². The number of benzene rings is 2. The zero-order valence-corrected chi connectivity index (χ0v) is 14.7. The van der Waals surface area contributed by atoms with Gasteiger partial charge >= 0.3 is 12.1 Å². The summed E-state index contributed by atoms with van der Waals surface area (Å²) in [6, 6.07) is 17.9. The molecule has 0 saturated carbocycles.